The lowest BCUT2D eigenvalue weighted by molar-refractivity contribution is -0.135. The van der Waals surface area contributed by atoms with E-state index in [0.717, 1.165) is 5.56 Å². The molecule has 0 atom stereocenters. The Bertz CT molecular complexity index is 293. The monoisotopic (exact) mass is 218 g/mol. The van der Waals surface area contributed by atoms with Crippen LogP contribution in [0.15, 0.2) is 18.3 Å². The molecule has 84 valence electrons. The van der Waals surface area contributed by atoms with E-state index in [-0.39, 0.29) is 6.42 Å². The van der Waals surface area contributed by atoms with Crippen molar-refractivity contribution in [2.45, 2.75) is 32.0 Å². The number of aryl methyl sites for hydroxylation is 1. The van der Waals surface area contributed by atoms with Gasteiger partial charge >= 0.3 is 6.18 Å². The van der Waals surface area contributed by atoms with Crippen molar-refractivity contribution in [3.8, 4) is 0 Å². The van der Waals surface area contributed by atoms with Gasteiger partial charge in [-0.25, -0.2) is 0 Å². The fraction of sp³-hybridized carbons (Fsp3) is 0.500. The van der Waals surface area contributed by atoms with Crippen molar-refractivity contribution in [3.63, 3.8) is 0 Å². The Balaban J connectivity index is 2.38. The summed E-state index contributed by atoms with van der Waals surface area (Å²) in [6, 6.07) is 3.51. The van der Waals surface area contributed by atoms with Gasteiger partial charge in [-0.05, 0) is 24.5 Å². The van der Waals surface area contributed by atoms with Gasteiger partial charge in [-0.1, -0.05) is 6.07 Å². The summed E-state index contributed by atoms with van der Waals surface area (Å²) < 4.78 is 35.5. The van der Waals surface area contributed by atoms with Crippen LogP contribution in [-0.2, 0) is 13.0 Å². The first-order chi connectivity index (χ1) is 7.01. The van der Waals surface area contributed by atoms with Crippen molar-refractivity contribution in [1.29, 1.82) is 0 Å². The number of hydrogen-bond donors (Lipinski definition) is 1. The van der Waals surface area contributed by atoms with Gasteiger partial charge in [0.2, 0.25) is 0 Å². The molecule has 0 radical (unpaired) electrons. The smallest absolute Gasteiger partial charge is 0.326 e. The molecule has 0 spiro atoms. The minimum Gasteiger partial charge on any atom is -0.326 e. The van der Waals surface area contributed by atoms with E-state index in [1.54, 1.807) is 18.3 Å². The summed E-state index contributed by atoms with van der Waals surface area (Å²) in [5.41, 5.74) is 6.93. The molecule has 0 fully saturated rings. The maximum absolute atomic E-state index is 11.8. The quantitative estimate of drug-likeness (QED) is 0.842. The van der Waals surface area contributed by atoms with Gasteiger partial charge in [0.25, 0.3) is 0 Å². The van der Waals surface area contributed by atoms with Crippen LogP contribution in [0, 0.1) is 0 Å². The third-order valence-corrected chi connectivity index (χ3v) is 2.01. The van der Waals surface area contributed by atoms with Crippen LogP contribution in [0.25, 0.3) is 0 Å². The maximum atomic E-state index is 11.8. The molecule has 2 N–H and O–H groups in total. The van der Waals surface area contributed by atoms with Crippen molar-refractivity contribution in [2.24, 2.45) is 5.73 Å². The van der Waals surface area contributed by atoms with Crippen molar-refractivity contribution in [1.82, 2.24) is 4.98 Å². The van der Waals surface area contributed by atoms with Gasteiger partial charge in [0.1, 0.15) is 0 Å². The first-order valence-electron chi connectivity index (χ1n) is 4.72. The minimum atomic E-state index is -4.07. The second-order valence-corrected chi connectivity index (χ2v) is 3.33. The topological polar surface area (TPSA) is 38.9 Å². The molecule has 0 amide bonds. The lowest BCUT2D eigenvalue weighted by Crippen LogP contribution is -2.07. The molecule has 1 aromatic rings. The first kappa shape index (κ1) is 12.0. The average molecular weight is 218 g/mol. The Hall–Kier alpha value is -1.10. The third kappa shape index (κ3) is 4.78. The van der Waals surface area contributed by atoms with E-state index >= 15 is 0 Å². The van der Waals surface area contributed by atoms with Crippen molar-refractivity contribution >= 4 is 0 Å². The van der Waals surface area contributed by atoms with Gasteiger partial charge in [-0.15, -0.1) is 0 Å². The van der Waals surface area contributed by atoms with Crippen LogP contribution in [0.3, 0.4) is 0 Å². The van der Waals surface area contributed by atoms with E-state index in [4.69, 9.17) is 5.73 Å². The number of nitrogens with zero attached hydrogens (tertiary/aromatic N) is 1. The number of pyridine rings is 1. The molecule has 2 nitrogen and oxygen atoms in total. The summed E-state index contributed by atoms with van der Waals surface area (Å²) in [5, 5.41) is 0. The van der Waals surface area contributed by atoms with Crippen LogP contribution < -0.4 is 5.73 Å². The zero-order valence-corrected chi connectivity index (χ0v) is 8.22. The van der Waals surface area contributed by atoms with Gasteiger partial charge < -0.3 is 5.73 Å². The molecule has 0 aromatic carbocycles. The summed E-state index contributed by atoms with van der Waals surface area (Å²) in [7, 11) is 0. The maximum Gasteiger partial charge on any atom is 0.389 e. The number of aromatic nitrogens is 1. The fourth-order valence-corrected chi connectivity index (χ4v) is 1.19. The van der Waals surface area contributed by atoms with Crippen LogP contribution in [0.2, 0.25) is 0 Å². The molecule has 0 unspecified atom stereocenters. The zero-order valence-electron chi connectivity index (χ0n) is 8.22. The molecule has 1 aromatic heterocycles. The molecule has 1 rings (SSSR count). The lowest BCUT2D eigenvalue weighted by Gasteiger charge is -2.05. The number of halogens is 3. The Morgan fingerprint density at radius 1 is 1.27 bits per heavy atom. The number of rotatable bonds is 4. The molecule has 0 aliphatic carbocycles. The van der Waals surface area contributed by atoms with Gasteiger partial charge in [0.05, 0.1) is 0 Å². The van der Waals surface area contributed by atoms with E-state index in [1.807, 2.05) is 0 Å². The standard InChI is InChI=1S/C10H13F3N2/c11-10(12,13)5-1-2-9-4-3-8(6-14)7-15-9/h3-4,7H,1-2,5-6,14H2. The van der Waals surface area contributed by atoms with Gasteiger partial charge in [0, 0.05) is 24.9 Å². The van der Waals surface area contributed by atoms with Crippen LogP contribution >= 0.6 is 0 Å². The van der Waals surface area contributed by atoms with Crippen LogP contribution in [0.5, 0.6) is 0 Å². The highest BCUT2D eigenvalue weighted by Crippen LogP contribution is 2.22. The third-order valence-electron chi connectivity index (χ3n) is 2.01. The zero-order chi connectivity index (χ0) is 11.3. The largest absolute Gasteiger partial charge is 0.389 e. The van der Waals surface area contributed by atoms with Gasteiger partial charge in [0.15, 0.2) is 0 Å². The highest BCUT2D eigenvalue weighted by Gasteiger charge is 2.25. The Morgan fingerprint density at radius 2 is 2.00 bits per heavy atom. The van der Waals surface area contributed by atoms with Gasteiger partial charge in [-0.2, -0.15) is 13.2 Å². The minimum absolute atomic E-state index is 0.0818. The van der Waals surface area contributed by atoms with Crippen molar-refractivity contribution in [2.75, 3.05) is 0 Å². The molecular weight excluding hydrogens is 205 g/mol. The Kier molecular flexibility index (Phi) is 4.08. The van der Waals surface area contributed by atoms with Crippen LogP contribution in [0.4, 0.5) is 13.2 Å². The summed E-state index contributed by atoms with van der Waals surface area (Å²) in [5.74, 6) is 0. The second-order valence-electron chi connectivity index (χ2n) is 3.33. The predicted molar refractivity (Wildman–Crippen MR) is 51.1 cm³/mol. The van der Waals surface area contributed by atoms with E-state index < -0.39 is 12.6 Å². The van der Waals surface area contributed by atoms with Crippen LogP contribution in [0.1, 0.15) is 24.1 Å². The molecule has 0 aliphatic rings. The highest BCUT2D eigenvalue weighted by molar-refractivity contribution is 5.13. The Labute approximate surface area is 86.3 Å². The SMILES string of the molecule is NCc1ccc(CCCC(F)(F)F)nc1. The van der Waals surface area contributed by atoms with E-state index in [2.05, 4.69) is 4.98 Å². The molecule has 0 bridgehead atoms. The van der Waals surface area contributed by atoms with E-state index in [9.17, 15) is 13.2 Å². The number of nitrogens with two attached hydrogens (primary N) is 1. The molecule has 0 saturated heterocycles. The summed E-state index contributed by atoms with van der Waals surface area (Å²) >= 11 is 0. The molecule has 15 heavy (non-hydrogen) atoms. The summed E-state index contributed by atoms with van der Waals surface area (Å²) in [6.45, 7) is 0.399. The van der Waals surface area contributed by atoms with E-state index in [0.29, 0.717) is 18.7 Å². The fourth-order valence-electron chi connectivity index (χ4n) is 1.19. The average Bonchev–Trinajstić information content (AvgIpc) is 2.17. The first-order valence-corrected chi connectivity index (χ1v) is 4.72. The molecule has 5 heteroatoms. The molecule has 0 saturated carbocycles. The second kappa shape index (κ2) is 5.11. The molecule has 1 heterocycles. The lowest BCUT2D eigenvalue weighted by atomic mass is 10.1. The summed E-state index contributed by atoms with van der Waals surface area (Å²) in [6.07, 6.45) is -2.80. The van der Waals surface area contributed by atoms with Crippen molar-refractivity contribution in [3.05, 3.63) is 29.6 Å². The Morgan fingerprint density at radius 3 is 2.47 bits per heavy atom. The molecular formula is C10H13F3N2. The van der Waals surface area contributed by atoms with Gasteiger partial charge in [-0.3, -0.25) is 4.98 Å². The normalized spacial score (nSPS) is 11.7. The number of hydrogen-bond acceptors (Lipinski definition) is 2. The molecule has 0 aliphatic heterocycles. The highest BCUT2D eigenvalue weighted by atomic mass is 19.4. The van der Waals surface area contributed by atoms with E-state index in [1.165, 1.54) is 0 Å². The summed E-state index contributed by atoms with van der Waals surface area (Å²) in [4.78, 5) is 4.02. The van der Waals surface area contributed by atoms with Crippen LogP contribution in [-0.4, -0.2) is 11.2 Å². The number of alkyl halides is 3. The van der Waals surface area contributed by atoms with Crippen molar-refractivity contribution < 1.29 is 13.2 Å². The predicted octanol–water partition coefficient (Wildman–Crippen LogP) is 2.43.